The predicted molar refractivity (Wildman–Crippen MR) is 96.6 cm³/mol. The number of non-ortho nitro benzene ring substituents is 1. The SMILES string of the molecule is CNc1cc(NCCc2ccc([N+](=O)[O-])cc2)c2ccccc2n1. The van der Waals surface area contributed by atoms with E-state index in [0.717, 1.165) is 40.9 Å². The van der Waals surface area contributed by atoms with E-state index in [4.69, 9.17) is 0 Å². The molecule has 6 heteroatoms. The number of hydrogen-bond acceptors (Lipinski definition) is 5. The molecule has 0 radical (unpaired) electrons. The number of nitrogens with one attached hydrogen (secondary N) is 2. The first-order chi connectivity index (χ1) is 11.7. The van der Waals surface area contributed by atoms with Crippen LogP contribution >= 0.6 is 0 Å². The van der Waals surface area contributed by atoms with Gasteiger partial charge in [-0.1, -0.05) is 30.3 Å². The van der Waals surface area contributed by atoms with E-state index in [1.807, 2.05) is 37.4 Å². The van der Waals surface area contributed by atoms with Gasteiger partial charge in [-0.2, -0.15) is 0 Å². The van der Waals surface area contributed by atoms with E-state index in [2.05, 4.69) is 15.6 Å². The van der Waals surface area contributed by atoms with Crippen LogP contribution in [0.4, 0.5) is 17.2 Å². The van der Waals surface area contributed by atoms with Crippen LogP contribution in [-0.4, -0.2) is 23.5 Å². The number of pyridine rings is 1. The average Bonchev–Trinajstić information content (AvgIpc) is 2.62. The van der Waals surface area contributed by atoms with Crippen molar-refractivity contribution < 1.29 is 4.92 Å². The lowest BCUT2D eigenvalue weighted by Gasteiger charge is -2.12. The van der Waals surface area contributed by atoms with Crippen LogP contribution in [0.1, 0.15) is 5.56 Å². The minimum Gasteiger partial charge on any atom is -0.384 e. The van der Waals surface area contributed by atoms with Crippen LogP contribution in [0.25, 0.3) is 10.9 Å². The molecule has 0 fully saturated rings. The minimum absolute atomic E-state index is 0.116. The van der Waals surface area contributed by atoms with Gasteiger partial charge >= 0.3 is 0 Å². The third-order valence-electron chi connectivity index (χ3n) is 3.85. The summed E-state index contributed by atoms with van der Waals surface area (Å²) in [6, 6.07) is 16.6. The van der Waals surface area contributed by atoms with Gasteiger partial charge in [0.15, 0.2) is 0 Å². The first-order valence-electron chi connectivity index (χ1n) is 7.72. The van der Waals surface area contributed by atoms with Gasteiger partial charge in [0.2, 0.25) is 0 Å². The number of nitro benzene ring substituents is 1. The number of hydrogen-bond donors (Lipinski definition) is 2. The van der Waals surface area contributed by atoms with E-state index in [1.54, 1.807) is 12.1 Å². The van der Waals surface area contributed by atoms with Crippen molar-refractivity contribution in [3.05, 3.63) is 70.3 Å². The molecule has 0 unspecified atom stereocenters. The summed E-state index contributed by atoms with van der Waals surface area (Å²) in [6.07, 6.45) is 0.781. The summed E-state index contributed by atoms with van der Waals surface area (Å²) in [4.78, 5) is 14.8. The highest BCUT2D eigenvalue weighted by Gasteiger charge is 2.06. The zero-order valence-corrected chi connectivity index (χ0v) is 13.3. The summed E-state index contributed by atoms with van der Waals surface area (Å²) in [5.74, 6) is 0.812. The van der Waals surface area contributed by atoms with Crippen molar-refractivity contribution in [1.29, 1.82) is 0 Å². The van der Waals surface area contributed by atoms with Gasteiger partial charge in [-0.3, -0.25) is 10.1 Å². The normalized spacial score (nSPS) is 10.5. The van der Waals surface area contributed by atoms with E-state index in [9.17, 15) is 10.1 Å². The van der Waals surface area contributed by atoms with Crippen LogP contribution in [0.2, 0.25) is 0 Å². The first-order valence-corrected chi connectivity index (χ1v) is 7.72. The Morgan fingerprint density at radius 1 is 1.12 bits per heavy atom. The highest BCUT2D eigenvalue weighted by Crippen LogP contribution is 2.25. The lowest BCUT2D eigenvalue weighted by molar-refractivity contribution is -0.384. The number of benzene rings is 2. The Hall–Kier alpha value is -3.15. The van der Waals surface area contributed by atoms with Crippen molar-refractivity contribution >= 4 is 28.1 Å². The summed E-state index contributed by atoms with van der Waals surface area (Å²) in [5, 5.41) is 18.3. The van der Waals surface area contributed by atoms with Gasteiger partial charge < -0.3 is 10.6 Å². The number of nitrogens with zero attached hydrogens (tertiary/aromatic N) is 2. The average molecular weight is 322 g/mol. The third-order valence-corrected chi connectivity index (χ3v) is 3.85. The first kappa shape index (κ1) is 15.7. The maximum absolute atomic E-state index is 10.7. The number of anilines is 2. The largest absolute Gasteiger partial charge is 0.384 e. The maximum atomic E-state index is 10.7. The zero-order chi connectivity index (χ0) is 16.9. The molecule has 122 valence electrons. The molecule has 2 N–H and O–H groups in total. The van der Waals surface area contributed by atoms with Gasteiger partial charge in [0.1, 0.15) is 5.82 Å². The lowest BCUT2D eigenvalue weighted by Crippen LogP contribution is -2.06. The van der Waals surface area contributed by atoms with Crippen molar-refractivity contribution in [1.82, 2.24) is 4.98 Å². The molecule has 0 atom stereocenters. The highest BCUT2D eigenvalue weighted by atomic mass is 16.6. The topological polar surface area (TPSA) is 80.1 Å². The van der Waals surface area contributed by atoms with Crippen molar-refractivity contribution in [3.63, 3.8) is 0 Å². The standard InChI is InChI=1S/C18H18N4O2/c1-19-18-12-17(15-4-2-3-5-16(15)21-18)20-11-10-13-6-8-14(9-7-13)22(23)24/h2-9,12H,10-11H2,1H3,(H2,19,20,21). The summed E-state index contributed by atoms with van der Waals surface area (Å²) in [7, 11) is 1.85. The van der Waals surface area contributed by atoms with Gasteiger partial charge in [0.05, 0.1) is 10.4 Å². The van der Waals surface area contributed by atoms with Gasteiger partial charge in [-0.25, -0.2) is 4.98 Å². The molecular weight excluding hydrogens is 304 g/mol. The number of aromatic nitrogens is 1. The molecule has 0 aliphatic carbocycles. The molecule has 0 spiro atoms. The van der Waals surface area contributed by atoms with Crippen LogP contribution in [0, 0.1) is 10.1 Å². The van der Waals surface area contributed by atoms with Crippen molar-refractivity contribution in [2.45, 2.75) is 6.42 Å². The van der Waals surface area contributed by atoms with Gasteiger partial charge in [0.25, 0.3) is 5.69 Å². The quantitative estimate of drug-likeness (QED) is 0.532. The molecule has 0 amide bonds. The van der Waals surface area contributed by atoms with Crippen molar-refractivity contribution in [2.75, 3.05) is 24.2 Å². The summed E-state index contributed by atoms with van der Waals surface area (Å²) in [6.45, 7) is 0.731. The molecule has 0 bridgehead atoms. The second kappa shape index (κ2) is 6.95. The Bertz CT molecular complexity index is 863. The van der Waals surface area contributed by atoms with Crippen molar-refractivity contribution in [3.8, 4) is 0 Å². The summed E-state index contributed by atoms with van der Waals surface area (Å²) >= 11 is 0. The Morgan fingerprint density at radius 2 is 1.88 bits per heavy atom. The monoisotopic (exact) mass is 322 g/mol. The fourth-order valence-corrected chi connectivity index (χ4v) is 2.58. The Morgan fingerprint density at radius 3 is 2.58 bits per heavy atom. The van der Waals surface area contributed by atoms with E-state index >= 15 is 0 Å². The molecule has 2 aromatic carbocycles. The zero-order valence-electron chi connectivity index (χ0n) is 13.3. The van der Waals surface area contributed by atoms with Gasteiger partial charge in [-0.05, 0) is 18.1 Å². The smallest absolute Gasteiger partial charge is 0.269 e. The van der Waals surface area contributed by atoms with Gasteiger partial charge in [-0.15, -0.1) is 0 Å². The molecule has 1 heterocycles. The molecule has 0 aliphatic rings. The minimum atomic E-state index is -0.385. The predicted octanol–water partition coefficient (Wildman–Crippen LogP) is 3.84. The van der Waals surface area contributed by atoms with E-state index in [0.29, 0.717) is 0 Å². The lowest BCUT2D eigenvalue weighted by atomic mass is 10.1. The molecule has 0 aliphatic heterocycles. The number of para-hydroxylation sites is 1. The molecule has 6 nitrogen and oxygen atoms in total. The summed E-state index contributed by atoms with van der Waals surface area (Å²) in [5.41, 5.74) is 3.12. The van der Waals surface area contributed by atoms with Crippen molar-refractivity contribution in [2.24, 2.45) is 0 Å². The highest BCUT2D eigenvalue weighted by molar-refractivity contribution is 5.92. The number of fused-ring (bicyclic) bond motifs is 1. The Labute approximate surface area is 139 Å². The summed E-state index contributed by atoms with van der Waals surface area (Å²) < 4.78 is 0. The fourth-order valence-electron chi connectivity index (χ4n) is 2.58. The van der Waals surface area contributed by atoms with E-state index in [1.165, 1.54) is 12.1 Å². The molecule has 0 saturated heterocycles. The molecule has 3 rings (SSSR count). The van der Waals surface area contributed by atoms with Crippen LogP contribution < -0.4 is 10.6 Å². The van der Waals surface area contributed by atoms with Crippen LogP contribution in [0.5, 0.6) is 0 Å². The van der Waals surface area contributed by atoms with E-state index in [-0.39, 0.29) is 10.6 Å². The maximum Gasteiger partial charge on any atom is 0.269 e. The van der Waals surface area contributed by atoms with Gasteiger partial charge in [0, 0.05) is 42.9 Å². The molecule has 3 aromatic rings. The van der Waals surface area contributed by atoms with Crippen LogP contribution in [0.15, 0.2) is 54.6 Å². The molecular formula is C18H18N4O2. The molecule has 24 heavy (non-hydrogen) atoms. The third kappa shape index (κ3) is 3.43. The van der Waals surface area contributed by atoms with Crippen LogP contribution in [0.3, 0.4) is 0 Å². The Kier molecular flexibility index (Phi) is 4.56. The molecule has 0 saturated carbocycles. The fraction of sp³-hybridized carbons (Fsp3) is 0.167. The molecule has 1 aromatic heterocycles. The Balaban J connectivity index is 1.72. The van der Waals surface area contributed by atoms with E-state index < -0.39 is 0 Å². The second-order valence-corrected chi connectivity index (χ2v) is 5.42. The van der Waals surface area contributed by atoms with Crippen LogP contribution in [-0.2, 0) is 6.42 Å². The number of rotatable bonds is 6. The number of nitro groups is 1. The second-order valence-electron chi connectivity index (χ2n) is 5.42.